The number of phenols is 1. The van der Waals surface area contributed by atoms with Crippen LogP contribution in [-0.4, -0.2) is 60.4 Å². The Morgan fingerprint density at radius 1 is 1.30 bits per heavy atom. The highest BCUT2D eigenvalue weighted by molar-refractivity contribution is 14.0. The number of halogens is 1. The zero-order chi connectivity index (χ0) is 19.2. The first kappa shape index (κ1) is 23.3. The molecule has 1 aromatic rings. The Hall–Kier alpha value is -1.71. The summed E-state index contributed by atoms with van der Waals surface area (Å²) in [6.45, 7) is 7.62. The molecule has 2 rings (SSSR count). The molecule has 7 nitrogen and oxygen atoms in total. The minimum absolute atomic E-state index is 0. The molecule has 0 radical (unpaired) electrons. The summed E-state index contributed by atoms with van der Waals surface area (Å²) in [6.07, 6.45) is 1.62. The van der Waals surface area contributed by atoms with Crippen LogP contribution in [0.15, 0.2) is 29.3 Å². The first-order valence-corrected chi connectivity index (χ1v) is 9.00. The van der Waals surface area contributed by atoms with E-state index in [2.05, 4.69) is 15.6 Å². The average Bonchev–Trinajstić information content (AvgIpc) is 2.52. The van der Waals surface area contributed by atoms with Crippen molar-refractivity contribution in [2.75, 3.05) is 26.7 Å². The van der Waals surface area contributed by atoms with Gasteiger partial charge in [-0.3, -0.25) is 4.99 Å². The molecule has 1 aliphatic rings. The predicted octanol–water partition coefficient (Wildman–Crippen LogP) is 2.73. The lowest BCUT2D eigenvalue weighted by molar-refractivity contribution is 0.00701. The molecule has 1 aliphatic heterocycles. The van der Waals surface area contributed by atoms with Crippen LogP contribution >= 0.6 is 24.0 Å². The normalized spacial score (nSPS) is 14.8. The Bertz CT molecular complexity index is 623. The monoisotopic (exact) mass is 490 g/mol. The van der Waals surface area contributed by atoms with Crippen LogP contribution in [0.2, 0.25) is 0 Å². The maximum Gasteiger partial charge on any atom is 0.410 e. The molecule has 1 amide bonds. The molecule has 8 heteroatoms. The standard InChI is InChI=1S/C19H30N4O3.HI/c1-19(2,3)26-18(25)23-12-15(13-23)22-17(20-4)21-11-5-6-14-7-9-16(24)10-8-14;/h7-10,15,24H,5-6,11-13H2,1-4H3,(H2,20,21,22);1H. The van der Waals surface area contributed by atoms with Crippen LogP contribution in [0.5, 0.6) is 5.75 Å². The van der Waals surface area contributed by atoms with E-state index in [1.165, 1.54) is 5.56 Å². The number of hydrogen-bond donors (Lipinski definition) is 3. The quantitative estimate of drug-likeness (QED) is 0.256. The number of nitrogens with one attached hydrogen (secondary N) is 2. The third-order valence-corrected chi connectivity index (χ3v) is 3.97. The number of likely N-dealkylation sites (tertiary alicyclic amines) is 1. The molecule has 0 saturated carbocycles. The summed E-state index contributed by atoms with van der Waals surface area (Å²) in [5.41, 5.74) is 0.726. The van der Waals surface area contributed by atoms with Gasteiger partial charge in [0.1, 0.15) is 11.4 Å². The fraction of sp³-hybridized carbons (Fsp3) is 0.579. The van der Waals surface area contributed by atoms with E-state index in [0.717, 1.165) is 25.3 Å². The number of aromatic hydroxyl groups is 1. The molecule has 1 saturated heterocycles. The second-order valence-electron chi connectivity index (χ2n) is 7.50. The highest BCUT2D eigenvalue weighted by atomic mass is 127. The molecule has 0 bridgehead atoms. The van der Waals surface area contributed by atoms with Crippen molar-refractivity contribution in [3.05, 3.63) is 29.8 Å². The summed E-state index contributed by atoms with van der Waals surface area (Å²) >= 11 is 0. The summed E-state index contributed by atoms with van der Waals surface area (Å²) in [7, 11) is 1.74. The maximum absolute atomic E-state index is 11.9. The van der Waals surface area contributed by atoms with Crippen LogP contribution < -0.4 is 10.6 Å². The zero-order valence-corrected chi connectivity index (χ0v) is 18.8. The summed E-state index contributed by atoms with van der Waals surface area (Å²) in [4.78, 5) is 17.8. The van der Waals surface area contributed by atoms with E-state index in [1.54, 1.807) is 24.1 Å². The lowest BCUT2D eigenvalue weighted by Gasteiger charge is -2.40. The molecule has 152 valence electrons. The number of phenolic OH excluding ortho intramolecular Hbond substituents is 1. The third kappa shape index (κ3) is 8.23. The number of hydrogen-bond acceptors (Lipinski definition) is 4. The van der Waals surface area contributed by atoms with Gasteiger partial charge in [-0.2, -0.15) is 0 Å². The van der Waals surface area contributed by atoms with Crippen LogP contribution in [0.1, 0.15) is 32.8 Å². The minimum atomic E-state index is -0.468. The van der Waals surface area contributed by atoms with E-state index in [-0.39, 0.29) is 41.9 Å². The molecule has 1 heterocycles. The van der Waals surface area contributed by atoms with Gasteiger partial charge in [-0.25, -0.2) is 4.79 Å². The molecule has 3 N–H and O–H groups in total. The summed E-state index contributed by atoms with van der Waals surface area (Å²) < 4.78 is 5.35. The Morgan fingerprint density at radius 2 is 1.93 bits per heavy atom. The number of rotatable bonds is 5. The van der Waals surface area contributed by atoms with Gasteiger partial charge in [0.05, 0.1) is 6.04 Å². The van der Waals surface area contributed by atoms with Gasteiger partial charge in [-0.1, -0.05) is 12.1 Å². The van der Waals surface area contributed by atoms with Crippen molar-refractivity contribution in [3.63, 3.8) is 0 Å². The van der Waals surface area contributed by atoms with E-state index in [1.807, 2.05) is 32.9 Å². The number of carbonyl (C=O) groups is 1. The SMILES string of the molecule is CN=C(NCCCc1ccc(O)cc1)NC1CN(C(=O)OC(C)(C)C)C1.I. The van der Waals surface area contributed by atoms with Gasteiger partial charge in [0.25, 0.3) is 0 Å². The van der Waals surface area contributed by atoms with Crippen molar-refractivity contribution in [3.8, 4) is 5.75 Å². The van der Waals surface area contributed by atoms with Gasteiger partial charge in [0, 0.05) is 26.7 Å². The van der Waals surface area contributed by atoms with Crippen LogP contribution in [0.4, 0.5) is 4.79 Å². The van der Waals surface area contributed by atoms with E-state index in [4.69, 9.17) is 4.74 Å². The van der Waals surface area contributed by atoms with Crippen LogP contribution in [-0.2, 0) is 11.2 Å². The number of amides is 1. The van der Waals surface area contributed by atoms with Crippen LogP contribution in [0.25, 0.3) is 0 Å². The highest BCUT2D eigenvalue weighted by Crippen LogP contribution is 2.15. The Kier molecular flexibility index (Phi) is 9.14. The topological polar surface area (TPSA) is 86.2 Å². The smallest absolute Gasteiger partial charge is 0.410 e. The second-order valence-corrected chi connectivity index (χ2v) is 7.50. The third-order valence-electron chi connectivity index (χ3n) is 3.97. The summed E-state index contributed by atoms with van der Waals surface area (Å²) in [5, 5.41) is 15.9. The van der Waals surface area contributed by atoms with Crippen molar-refractivity contribution >= 4 is 36.0 Å². The molecule has 27 heavy (non-hydrogen) atoms. The highest BCUT2D eigenvalue weighted by Gasteiger charge is 2.34. The molecule has 0 aromatic heterocycles. The number of carbonyl (C=O) groups excluding carboxylic acids is 1. The Morgan fingerprint density at radius 3 is 2.48 bits per heavy atom. The molecular weight excluding hydrogens is 459 g/mol. The van der Waals surface area contributed by atoms with Gasteiger partial charge in [0.15, 0.2) is 5.96 Å². The van der Waals surface area contributed by atoms with Gasteiger partial charge >= 0.3 is 6.09 Å². The largest absolute Gasteiger partial charge is 0.508 e. The lowest BCUT2D eigenvalue weighted by atomic mass is 10.1. The van der Waals surface area contributed by atoms with Crippen LogP contribution in [0.3, 0.4) is 0 Å². The predicted molar refractivity (Wildman–Crippen MR) is 118 cm³/mol. The fourth-order valence-corrected chi connectivity index (χ4v) is 2.60. The number of ether oxygens (including phenoxy) is 1. The molecular formula is C19H31IN4O3. The Balaban J connectivity index is 0.00000364. The number of aliphatic imine (C=N–C) groups is 1. The first-order valence-electron chi connectivity index (χ1n) is 9.00. The van der Waals surface area contributed by atoms with Crippen molar-refractivity contribution in [2.45, 2.75) is 45.3 Å². The fourth-order valence-electron chi connectivity index (χ4n) is 2.60. The van der Waals surface area contributed by atoms with Crippen molar-refractivity contribution in [2.24, 2.45) is 4.99 Å². The van der Waals surface area contributed by atoms with E-state index >= 15 is 0 Å². The second kappa shape index (κ2) is 10.6. The average molecular weight is 490 g/mol. The molecule has 0 aliphatic carbocycles. The van der Waals surface area contributed by atoms with Gasteiger partial charge in [-0.15, -0.1) is 24.0 Å². The lowest BCUT2D eigenvalue weighted by Crippen LogP contribution is -2.63. The van der Waals surface area contributed by atoms with Gasteiger partial charge < -0.3 is 25.4 Å². The van der Waals surface area contributed by atoms with E-state index in [9.17, 15) is 9.90 Å². The van der Waals surface area contributed by atoms with Crippen molar-refractivity contribution < 1.29 is 14.6 Å². The van der Waals surface area contributed by atoms with E-state index in [0.29, 0.717) is 13.1 Å². The molecule has 0 spiro atoms. The van der Waals surface area contributed by atoms with Crippen molar-refractivity contribution in [1.29, 1.82) is 0 Å². The van der Waals surface area contributed by atoms with E-state index < -0.39 is 5.60 Å². The zero-order valence-electron chi connectivity index (χ0n) is 16.5. The maximum atomic E-state index is 11.9. The molecule has 0 atom stereocenters. The summed E-state index contributed by atoms with van der Waals surface area (Å²) in [6, 6.07) is 7.46. The van der Waals surface area contributed by atoms with Gasteiger partial charge in [0.2, 0.25) is 0 Å². The molecule has 1 fully saturated rings. The van der Waals surface area contributed by atoms with Crippen molar-refractivity contribution in [1.82, 2.24) is 15.5 Å². The number of benzene rings is 1. The minimum Gasteiger partial charge on any atom is -0.508 e. The summed E-state index contributed by atoms with van der Waals surface area (Å²) in [5.74, 6) is 1.03. The number of nitrogens with zero attached hydrogens (tertiary/aromatic N) is 2. The van der Waals surface area contributed by atoms with Crippen LogP contribution in [0, 0.1) is 0 Å². The molecule has 0 unspecified atom stereocenters. The number of guanidine groups is 1. The molecule has 1 aromatic carbocycles. The Labute approximate surface area is 178 Å². The number of aryl methyl sites for hydroxylation is 1. The first-order chi connectivity index (χ1) is 12.3. The van der Waals surface area contributed by atoms with Gasteiger partial charge in [-0.05, 0) is 51.3 Å².